The van der Waals surface area contributed by atoms with Gasteiger partial charge in [-0.15, -0.1) is 6.58 Å². The van der Waals surface area contributed by atoms with Crippen LogP contribution < -0.4 is 9.64 Å². The van der Waals surface area contributed by atoms with Crippen LogP contribution in [0.3, 0.4) is 0 Å². The van der Waals surface area contributed by atoms with E-state index in [2.05, 4.69) is 159 Å². The molecule has 5 aromatic carbocycles. The van der Waals surface area contributed by atoms with Crippen LogP contribution in [0.5, 0.6) is 5.75 Å². The average molecular weight is 664 g/mol. The Balaban J connectivity index is 1.44. The van der Waals surface area contributed by atoms with Crippen molar-refractivity contribution >= 4 is 17.5 Å². The van der Waals surface area contributed by atoms with Gasteiger partial charge < -0.3 is 9.64 Å². The Hall–Kier alpha value is -6.19. The second kappa shape index (κ2) is 14.7. The van der Waals surface area contributed by atoms with Gasteiger partial charge in [-0.1, -0.05) is 146 Å². The van der Waals surface area contributed by atoms with E-state index in [9.17, 15) is 4.79 Å². The summed E-state index contributed by atoms with van der Waals surface area (Å²) in [5.41, 5.74) is 11.8. The first-order valence-electron chi connectivity index (χ1n) is 17.4. The molecule has 0 N–H and O–H groups in total. The number of para-hydroxylation sites is 1. The molecule has 0 spiro atoms. The number of rotatable bonds is 10. The molecule has 1 heterocycles. The molecule has 0 saturated carbocycles. The van der Waals surface area contributed by atoms with Gasteiger partial charge in [0.25, 0.3) is 0 Å². The topological polar surface area (TPSA) is 29.5 Å². The van der Waals surface area contributed by atoms with Crippen LogP contribution in [0.15, 0.2) is 188 Å². The van der Waals surface area contributed by atoms with Crippen LogP contribution in [-0.4, -0.2) is 19.9 Å². The monoisotopic (exact) mass is 663 g/mol. The molecule has 7 rings (SSSR count). The van der Waals surface area contributed by atoms with Gasteiger partial charge in [-0.2, -0.15) is 0 Å². The average Bonchev–Trinajstić information content (AvgIpc) is 3.50. The summed E-state index contributed by atoms with van der Waals surface area (Å²) in [7, 11) is 2.13. The summed E-state index contributed by atoms with van der Waals surface area (Å²) in [6, 6.07) is 41.6. The Morgan fingerprint density at radius 1 is 0.804 bits per heavy atom. The molecule has 1 aliphatic carbocycles. The quantitative estimate of drug-likeness (QED) is 0.0846. The number of fused-ring (bicyclic) bond motifs is 3. The van der Waals surface area contributed by atoms with Crippen molar-refractivity contribution in [2.45, 2.75) is 18.8 Å². The molecule has 0 radical (unpaired) electrons. The predicted molar refractivity (Wildman–Crippen MR) is 213 cm³/mol. The van der Waals surface area contributed by atoms with E-state index in [1.807, 2.05) is 36.4 Å². The summed E-state index contributed by atoms with van der Waals surface area (Å²) < 4.78 is 6.76. The molecule has 1 atom stereocenters. The van der Waals surface area contributed by atoms with Gasteiger partial charge in [0.05, 0.1) is 11.1 Å². The van der Waals surface area contributed by atoms with Crippen molar-refractivity contribution in [1.29, 1.82) is 0 Å². The lowest BCUT2D eigenvalue weighted by Gasteiger charge is -2.36. The first kappa shape index (κ1) is 33.3. The van der Waals surface area contributed by atoms with E-state index in [4.69, 9.17) is 4.74 Å². The Labute approximate surface area is 301 Å². The molecule has 2 bridgehead atoms. The van der Waals surface area contributed by atoms with Crippen molar-refractivity contribution in [1.82, 2.24) is 0 Å². The Kier molecular flexibility index (Phi) is 9.63. The summed E-state index contributed by atoms with van der Waals surface area (Å²) in [6.07, 6.45) is 18.7. The van der Waals surface area contributed by atoms with Crippen molar-refractivity contribution < 1.29 is 9.53 Å². The van der Waals surface area contributed by atoms with E-state index in [0.717, 1.165) is 67.9 Å². The highest BCUT2D eigenvalue weighted by Gasteiger charge is 2.44. The second-order valence-corrected chi connectivity index (χ2v) is 12.8. The molecule has 51 heavy (non-hydrogen) atoms. The fourth-order valence-electron chi connectivity index (χ4n) is 7.50. The predicted octanol–water partition coefficient (Wildman–Crippen LogP) is 11.6. The van der Waals surface area contributed by atoms with Gasteiger partial charge in [0, 0.05) is 35.9 Å². The summed E-state index contributed by atoms with van der Waals surface area (Å²) in [4.78, 5) is 14.6. The van der Waals surface area contributed by atoms with Crippen molar-refractivity contribution in [2.24, 2.45) is 0 Å². The van der Waals surface area contributed by atoms with E-state index in [1.54, 1.807) is 0 Å². The van der Waals surface area contributed by atoms with E-state index in [1.165, 1.54) is 5.57 Å². The van der Waals surface area contributed by atoms with E-state index >= 15 is 0 Å². The van der Waals surface area contributed by atoms with Crippen molar-refractivity contribution in [3.8, 4) is 28.0 Å². The van der Waals surface area contributed by atoms with Gasteiger partial charge in [0.15, 0.2) is 6.29 Å². The Morgan fingerprint density at radius 2 is 1.53 bits per heavy atom. The molecule has 0 saturated heterocycles. The van der Waals surface area contributed by atoms with Crippen molar-refractivity contribution in [2.75, 3.05) is 18.6 Å². The zero-order chi connectivity index (χ0) is 35.2. The molecule has 0 amide bonds. The second-order valence-electron chi connectivity index (χ2n) is 12.8. The van der Waals surface area contributed by atoms with Crippen LogP contribution in [-0.2, 0) is 5.41 Å². The van der Waals surface area contributed by atoms with Gasteiger partial charge in [0.1, 0.15) is 12.4 Å². The lowest BCUT2D eigenvalue weighted by atomic mass is 9.66. The fraction of sp³-hybridized carbons (Fsp3) is 0.104. The maximum Gasteiger partial charge on any atom is 0.150 e. The van der Waals surface area contributed by atoms with Gasteiger partial charge >= 0.3 is 0 Å². The third-order valence-corrected chi connectivity index (χ3v) is 10.0. The van der Waals surface area contributed by atoms with Crippen LogP contribution in [0, 0.1) is 0 Å². The van der Waals surface area contributed by atoms with Gasteiger partial charge in [0.2, 0.25) is 0 Å². The SMILES string of the molecule is C=CC1(c2cc(-c3ccccc3)ccc2OC/C=C\C(=C/C)c2ccccc2)C2=CC=CC=C(C2)N(C)c2c(-c3ccccc3C=O)cccc21. The van der Waals surface area contributed by atoms with E-state index in [-0.39, 0.29) is 0 Å². The highest BCUT2D eigenvalue weighted by Crippen LogP contribution is 2.55. The van der Waals surface area contributed by atoms with Gasteiger partial charge in [-0.3, -0.25) is 4.79 Å². The molecule has 3 heteroatoms. The smallest absolute Gasteiger partial charge is 0.150 e. The van der Waals surface area contributed by atoms with Gasteiger partial charge in [-0.25, -0.2) is 0 Å². The lowest BCUT2D eigenvalue weighted by Crippen LogP contribution is -2.29. The molecular weight excluding hydrogens is 623 g/mol. The largest absolute Gasteiger partial charge is 0.489 e. The first-order valence-corrected chi connectivity index (χ1v) is 17.4. The number of hydrogen-bond donors (Lipinski definition) is 0. The van der Waals surface area contributed by atoms with Crippen LogP contribution in [0.2, 0.25) is 0 Å². The number of carbonyl (C=O) groups excluding carboxylic acids is 1. The highest BCUT2D eigenvalue weighted by molar-refractivity contribution is 5.94. The number of ether oxygens (including phenoxy) is 1. The molecule has 1 aliphatic heterocycles. The highest BCUT2D eigenvalue weighted by atomic mass is 16.5. The minimum Gasteiger partial charge on any atom is -0.489 e. The van der Waals surface area contributed by atoms with Crippen LogP contribution in [0.4, 0.5) is 5.69 Å². The maximum absolute atomic E-state index is 12.4. The summed E-state index contributed by atoms with van der Waals surface area (Å²) in [5.74, 6) is 0.787. The Bertz CT molecular complexity index is 2240. The number of benzene rings is 5. The number of aldehydes is 1. The molecule has 5 aromatic rings. The molecule has 1 unspecified atom stereocenters. The molecular formula is C48H41NO2. The third kappa shape index (κ3) is 6.24. The fourth-order valence-corrected chi connectivity index (χ4v) is 7.50. The maximum atomic E-state index is 12.4. The number of allylic oxidation sites excluding steroid dienone is 9. The van der Waals surface area contributed by atoms with Crippen LogP contribution in [0.1, 0.15) is 40.4 Å². The van der Waals surface area contributed by atoms with Crippen molar-refractivity contribution in [3.63, 3.8) is 0 Å². The minimum absolute atomic E-state index is 0.388. The number of anilines is 1. The Morgan fingerprint density at radius 3 is 2.29 bits per heavy atom. The zero-order valence-electron chi connectivity index (χ0n) is 29.1. The molecule has 2 aliphatic rings. The number of hydrogen-bond acceptors (Lipinski definition) is 3. The summed E-state index contributed by atoms with van der Waals surface area (Å²) in [6.45, 7) is 7.03. The standard InChI is InChI=1S/C48H41NO2/c1-4-35(36-18-8-6-9-19-36)23-17-31-51-46-30-29-38(37-20-10-7-11-21-37)32-45(46)48(5-2)40-24-13-14-25-41(33-40)49(3)47-43(27-16-28-44(47)48)42-26-15-12-22-39(42)34-50/h4-30,32,34H,2,31,33H2,1,3H3/b23-17-,35-4+. The third-order valence-electron chi connectivity index (χ3n) is 10.0. The first-order chi connectivity index (χ1) is 25.1. The summed E-state index contributed by atoms with van der Waals surface area (Å²) in [5, 5.41) is 0. The molecule has 250 valence electrons. The van der Waals surface area contributed by atoms with Crippen molar-refractivity contribution in [3.05, 3.63) is 210 Å². The normalized spacial score (nSPS) is 16.8. The zero-order valence-corrected chi connectivity index (χ0v) is 29.1. The van der Waals surface area contributed by atoms with Crippen LogP contribution >= 0.6 is 0 Å². The minimum atomic E-state index is -0.775. The van der Waals surface area contributed by atoms with E-state index in [0.29, 0.717) is 18.6 Å². The van der Waals surface area contributed by atoms with E-state index < -0.39 is 5.41 Å². The number of nitrogens with zero attached hydrogens (tertiary/aromatic N) is 1. The van der Waals surface area contributed by atoms with Crippen LogP contribution in [0.25, 0.3) is 27.8 Å². The number of carbonyl (C=O) groups is 1. The lowest BCUT2D eigenvalue weighted by molar-refractivity contribution is 0.112. The molecule has 0 aromatic heterocycles. The summed E-state index contributed by atoms with van der Waals surface area (Å²) >= 11 is 0. The molecule has 3 nitrogen and oxygen atoms in total. The van der Waals surface area contributed by atoms with Gasteiger partial charge in [-0.05, 0) is 70.2 Å². The molecule has 0 fully saturated rings.